The Balaban J connectivity index is 2.15. The average molecular weight is 131 g/mol. The fourth-order valence-electron chi connectivity index (χ4n) is 0.680. The van der Waals surface area contributed by atoms with E-state index in [1.807, 2.05) is 0 Å². The van der Waals surface area contributed by atoms with Gasteiger partial charge in [-0.3, -0.25) is 4.79 Å². The molecular weight excluding hydrogens is 122 g/mol. The third-order valence-corrected chi connectivity index (χ3v) is 1.11. The van der Waals surface area contributed by atoms with Crippen molar-refractivity contribution in [3.63, 3.8) is 0 Å². The number of amides is 1. The van der Waals surface area contributed by atoms with E-state index in [0.29, 0.717) is 26.4 Å². The lowest BCUT2D eigenvalue weighted by Gasteiger charge is -2.20. The second-order valence-electron chi connectivity index (χ2n) is 1.84. The predicted molar refractivity (Wildman–Crippen MR) is 29.8 cm³/mol. The molecule has 1 heterocycles. The van der Waals surface area contributed by atoms with Gasteiger partial charge in [0.2, 0.25) is 6.41 Å². The summed E-state index contributed by atoms with van der Waals surface area (Å²) in [4.78, 5) is 9.85. The standard InChI is InChI=1S/C5H9NO3/c7-3-6-5-1-8-4-9-2-5/h3,5H,1-2,4H2,(H,6,7). The molecule has 0 atom stereocenters. The minimum atomic E-state index is 0.0382. The summed E-state index contributed by atoms with van der Waals surface area (Å²) in [5.74, 6) is 0. The molecule has 9 heavy (non-hydrogen) atoms. The van der Waals surface area contributed by atoms with Gasteiger partial charge >= 0.3 is 0 Å². The molecule has 0 aliphatic carbocycles. The van der Waals surface area contributed by atoms with Crippen LogP contribution in [-0.4, -0.2) is 32.5 Å². The first-order valence-electron chi connectivity index (χ1n) is 2.78. The van der Waals surface area contributed by atoms with E-state index in [9.17, 15) is 4.79 Å². The van der Waals surface area contributed by atoms with Crippen molar-refractivity contribution in [1.82, 2.24) is 5.32 Å². The molecule has 1 saturated heterocycles. The topological polar surface area (TPSA) is 47.6 Å². The number of carbonyl (C=O) groups excluding carboxylic acids is 1. The molecule has 1 rings (SSSR count). The zero-order chi connectivity index (χ0) is 6.53. The van der Waals surface area contributed by atoms with E-state index in [1.54, 1.807) is 0 Å². The number of hydrogen-bond acceptors (Lipinski definition) is 3. The van der Waals surface area contributed by atoms with Gasteiger partial charge in [0.15, 0.2) is 0 Å². The summed E-state index contributed by atoms with van der Waals surface area (Å²) >= 11 is 0. The molecule has 0 aromatic rings. The average Bonchev–Trinajstić information content (AvgIpc) is 1.91. The monoisotopic (exact) mass is 131 g/mol. The molecule has 0 aromatic carbocycles. The molecule has 0 unspecified atom stereocenters. The zero-order valence-corrected chi connectivity index (χ0v) is 5.00. The molecule has 1 aliphatic rings. The van der Waals surface area contributed by atoms with Crippen molar-refractivity contribution in [3.05, 3.63) is 0 Å². The molecule has 1 N–H and O–H groups in total. The van der Waals surface area contributed by atoms with Gasteiger partial charge in [0, 0.05) is 0 Å². The van der Waals surface area contributed by atoms with Crippen molar-refractivity contribution in [2.45, 2.75) is 6.04 Å². The number of carbonyl (C=O) groups is 1. The van der Waals surface area contributed by atoms with Gasteiger partial charge in [0.25, 0.3) is 0 Å². The van der Waals surface area contributed by atoms with Crippen molar-refractivity contribution < 1.29 is 14.3 Å². The van der Waals surface area contributed by atoms with Crippen LogP contribution in [0.25, 0.3) is 0 Å². The Hall–Kier alpha value is -0.610. The second kappa shape index (κ2) is 3.42. The summed E-state index contributed by atoms with van der Waals surface area (Å²) in [7, 11) is 0. The van der Waals surface area contributed by atoms with E-state index in [4.69, 9.17) is 9.47 Å². The Bertz CT molecular complexity index is 90.2. The van der Waals surface area contributed by atoms with Crippen molar-refractivity contribution >= 4 is 6.41 Å². The number of hydrogen-bond donors (Lipinski definition) is 1. The van der Waals surface area contributed by atoms with Crippen LogP contribution < -0.4 is 5.32 Å². The molecule has 0 spiro atoms. The van der Waals surface area contributed by atoms with Crippen LogP contribution in [0.2, 0.25) is 0 Å². The molecule has 0 aromatic heterocycles. The Kier molecular flexibility index (Phi) is 2.48. The maximum atomic E-state index is 9.85. The lowest BCUT2D eigenvalue weighted by atomic mass is 10.3. The van der Waals surface area contributed by atoms with E-state index >= 15 is 0 Å². The van der Waals surface area contributed by atoms with E-state index < -0.39 is 0 Å². The first-order chi connectivity index (χ1) is 4.43. The normalized spacial score (nSPS) is 21.3. The van der Waals surface area contributed by atoms with Gasteiger partial charge in [0.1, 0.15) is 6.79 Å². The van der Waals surface area contributed by atoms with Crippen molar-refractivity contribution in [1.29, 1.82) is 0 Å². The van der Waals surface area contributed by atoms with Gasteiger partial charge in [0.05, 0.1) is 19.3 Å². The summed E-state index contributed by atoms with van der Waals surface area (Å²) in [6.45, 7) is 1.45. The van der Waals surface area contributed by atoms with E-state index in [2.05, 4.69) is 5.32 Å². The van der Waals surface area contributed by atoms with E-state index in [-0.39, 0.29) is 6.04 Å². The molecule has 4 nitrogen and oxygen atoms in total. The second-order valence-corrected chi connectivity index (χ2v) is 1.84. The van der Waals surface area contributed by atoms with Crippen molar-refractivity contribution in [3.8, 4) is 0 Å². The molecule has 0 saturated carbocycles. The minimum absolute atomic E-state index is 0.0382. The Morgan fingerprint density at radius 1 is 1.44 bits per heavy atom. The third kappa shape index (κ3) is 1.99. The Morgan fingerprint density at radius 2 is 2.11 bits per heavy atom. The molecule has 1 amide bonds. The first kappa shape index (κ1) is 6.51. The van der Waals surface area contributed by atoms with E-state index in [0.717, 1.165) is 0 Å². The van der Waals surface area contributed by atoms with Gasteiger partial charge < -0.3 is 14.8 Å². The molecule has 1 aliphatic heterocycles. The zero-order valence-electron chi connectivity index (χ0n) is 5.00. The van der Waals surface area contributed by atoms with Crippen LogP contribution in [0.5, 0.6) is 0 Å². The fourth-order valence-corrected chi connectivity index (χ4v) is 0.680. The van der Waals surface area contributed by atoms with Crippen molar-refractivity contribution in [2.24, 2.45) is 0 Å². The molecule has 1 fully saturated rings. The van der Waals surface area contributed by atoms with Gasteiger partial charge in [-0.25, -0.2) is 0 Å². The van der Waals surface area contributed by atoms with E-state index in [1.165, 1.54) is 0 Å². The molecule has 0 radical (unpaired) electrons. The lowest BCUT2D eigenvalue weighted by Crippen LogP contribution is -2.40. The lowest BCUT2D eigenvalue weighted by molar-refractivity contribution is -0.124. The van der Waals surface area contributed by atoms with Crippen molar-refractivity contribution in [2.75, 3.05) is 20.0 Å². The summed E-state index contributed by atoms with van der Waals surface area (Å²) in [6.07, 6.45) is 0.655. The third-order valence-electron chi connectivity index (χ3n) is 1.11. The molecule has 0 bridgehead atoms. The van der Waals surface area contributed by atoms with Crippen LogP contribution >= 0.6 is 0 Å². The fraction of sp³-hybridized carbons (Fsp3) is 0.800. The summed E-state index contributed by atoms with van der Waals surface area (Å²) in [5, 5.41) is 2.55. The highest BCUT2D eigenvalue weighted by Gasteiger charge is 2.11. The SMILES string of the molecule is O=CNC1COCOC1. The highest BCUT2D eigenvalue weighted by Crippen LogP contribution is 1.94. The molecule has 52 valence electrons. The molecular formula is C5H9NO3. The number of ether oxygens (including phenoxy) is 2. The minimum Gasteiger partial charge on any atom is -0.353 e. The van der Waals surface area contributed by atoms with Crippen LogP contribution in [-0.2, 0) is 14.3 Å². The van der Waals surface area contributed by atoms with Crippen LogP contribution in [0.1, 0.15) is 0 Å². The maximum Gasteiger partial charge on any atom is 0.207 e. The van der Waals surface area contributed by atoms with Crippen LogP contribution in [0.3, 0.4) is 0 Å². The summed E-state index contributed by atoms with van der Waals surface area (Å²) in [6, 6.07) is 0.0382. The van der Waals surface area contributed by atoms with Crippen LogP contribution in [0.4, 0.5) is 0 Å². The Morgan fingerprint density at radius 3 is 2.67 bits per heavy atom. The smallest absolute Gasteiger partial charge is 0.207 e. The van der Waals surface area contributed by atoms with Crippen LogP contribution in [0, 0.1) is 0 Å². The first-order valence-corrected chi connectivity index (χ1v) is 2.78. The summed E-state index contributed by atoms with van der Waals surface area (Å²) < 4.78 is 9.78. The largest absolute Gasteiger partial charge is 0.353 e. The number of rotatable bonds is 2. The van der Waals surface area contributed by atoms with Crippen LogP contribution in [0.15, 0.2) is 0 Å². The maximum absolute atomic E-state index is 9.85. The van der Waals surface area contributed by atoms with Gasteiger partial charge in [-0.1, -0.05) is 0 Å². The number of nitrogens with one attached hydrogen (secondary N) is 1. The van der Waals surface area contributed by atoms with Gasteiger partial charge in [-0.05, 0) is 0 Å². The Labute approximate surface area is 53.1 Å². The van der Waals surface area contributed by atoms with Gasteiger partial charge in [-0.2, -0.15) is 0 Å². The quantitative estimate of drug-likeness (QED) is 0.494. The highest BCUT2D eigenvalue weighted by atomic mass is 16.7. The molecule has 4 heteroatoms. The summed E-state index contributed by atoms with van der Waals surface area (Å²) in [5.41, 5.74) is 0. The highest BCUT2D eigenvalue weighted by molar-refractivity contribution is 5.46. The predicted octanol–water partition coefficient (Wildman–Crippen LogP) is -0.895. The van der Waals surface area contributed by atoms with Gasteiger partial charge in [-0.15, -0.1) is 0 Å².